The lowest BCUT2D eigenvalue weighted by Crippen LogP contribution is -2.23. The molecule has 2 aromatic rings. The number of aryl methyl sites for hydroxylation is 1. The molecule has 0 saturated carbocycles. The largest absolute Gasteiger partial charge is 0.322 e. The smallest absolute Gasteiger partial charge is 0.257 e. The number of carbonyl (C=O) groups excluding carboxylic acids is 1. The van der Waals surface area contributed by atoms with Crippen molar-refractivity contribution < 1.29 is 13.2 Å². The van der Waals surface area contributed by atoms with Crippen LogP contribution >= 0.6 is 11.6 Å². The first kappa shape index (κ1) is 18.4. The first-order valence-electron chi connectivity index (χ1n) is 7.38. The number of nitrogens with zero attached hydrogens (tertiary/aromatic N) is 1. The Labute approximate surface area is 147 Å². The molecule has 7 heteroatoms. The highest BCUT2D eigenvalue weighted by atomic mass is 35.5. The fourth-order valence-electron chi connectivity index (χ4n) is 2.19. The Balaban J connectivity index is 2.40. The van der Waals surface area contributed by atoms with Crippen LogP contribution in [-0.4, -0.2) is 32.7 Å². The van der Waals surface area contributed by atoms with Gasteiger partial charge in [-0.1, -0.05) is 36.7 Å². The fraction of sp³-hybridized carbons (Fsp3) is 0.235. The summed E-state index contributed by atoms with van der Waals surface area (Å²) in [6.07, 6.45) is 0.763. The molecule has 0 bridgehead atoms. The summed E-state index contributed by atoms with van der Waals surface area (Å²) in [6.45, 7) is 1.99. The summed E-state index contributed by atoms with van der Waals surface area (Å²) in [7, 11) is -0.777. The van der Waals surface area contributed by atoms with E-state index in [0.717, 1.165) is 16.3 Å². The van der Waals surface area contributed by atoms with Gasteiger partial charge in [0, 0.05) is 19.8 Å². The van der Waals surface area contributed by atoms with E-state index >= 15 is 0 Å². The third-order valence-corrected chi connectivity index (χ3v) is 5.75. The molecule has 0 fully saturated rings. The topological polar surface area (TPSA) is 66.5 Å². The van der Waals surface area contributed by atoms with Gasteiger partial charge in [0.15, 0.2) is 0 Å². The molecule has 1 amide bonds. The van der Waals surface area contributed by atoms with Crippen LogP contribution in [0.3, 0.4) is 0 Å². The van der Waals surface area contributed by atoms with Crippen LogP contribution in [0.25, 0.3) is 0 Å². The molecular formula is C17H19ClN2O3S. The van der Waals surface area contributed by atoms with Gasteiger partial charge in [0.2, 0.25) is 10.0 Å². The zero-order chi connectivity index (χ0) is 17.9. The lowest BCUT2D eigenvalue weighted by atomic mass is 10.1. The summed E-state index contributed by atoms with van der Waals surface area (Å²) in [5, 5.41) is 2.99. The van der Waals surface area contributed by atoms with E-state index in [4.69, 9.17) is 11.6 Å². The molecule has 24 heavy (non-hydrogen) atoms. The van der Waals surface area contributed by atoms with Crippen molar-refractivity contribution in [3.05, 3.63) is 58.6 Å². The van der Waals surface area contributed by atoms with E-state index in [-0.39, 0.29) is 15.5 Å². The summed E-state index contributed by atoms with van der Waals surface area (Å²) in [4.78, 5) is 12.6. The quantitative estimate of drug-likeness (QED) is 0.881. The lowest BCUT2D eigenvalue weighted by Gasteiger charge is -2.14. The molecule has 0 aromatic heterocycles. The second kappa shape index (κ2) is 7.34. The zero-order valence-corrected chi connectivity index (χ0v) is 15.3. The molecule has 0 spiro atoms. The van der Waals surface area contributed by atoms with Crippen molar-refractivity contribution in [3.63, 3.8) is 0 Å². The van der Waals surface area contributed by atoms with Crippen LogP contribution in [0.5, 0.6) is 0 Å². The average Bonchev–Trinajstić information content (AvgIpc) is 2.55. The van der Waals surface area contributed by atoms with E-state index in [1.165, 1.54) is 32.3 Å². The van der Waals surface area contributed by atoms with Crippen molar-refractivity contribution in [2.75, 3.05) is 19.4 Å². The first-order valence-corrected chi connectivity index (χ1v) is 9.20. The van der Waals surface area contributed by atoms with E-state index in [9.17, 15) is 13.2 Å². The van der Waals surface area contributed by atoms with Crippen LogP contribution in [-0.2, 0) is 16.4 Å². The number of hydrogen-bond donors (Lipinski definition) is 1. The zero-order valence-electron chi connectivity index (χ0n) is 13.7. The Morgan fingerprint density at radius 3 is 2.46 bits per heavy atom. The molecule has 0 unspecified atom stereocenters. The van der Waals surface area contributed by atoms with Crippen molar-refractivity contribution in [2.45, 2.75) is 18.2 Å². The summed E-state index contributed by atoms with van der Waals surface area (Å²) >= 11 is 6.09. The number of anilines is 1. The second-order valence-electron chi connectivity index (χ2n) is 5.39. The van der Waals surface area contributed by atoms with Crippen LogP contribution in [0, 0.1) is 0 Å². The number of benzene rings is 2. The molecule has 1 N–H and O–H groups in total. The molecule has 0 atom stereocenters. The maximum Gasteiger partial charge on any atom is 0.257 e. The van der Waals surface area contributed by atoms with Gasteiger partial charge in [-0.3, -0.25) is 4.79 Å². The highest BCUT2D eigenvalue weighted by Gasteiger charge is 2.21. The van der Waals surface area contributed by atoms with Gasteiger partial charge in [0.25, 0.3) is 5.91 Å². The number of amides is 1. The number of hydrogen-bond acceptors (Lipinski definition) is 3. The van der Waals surface area contributed by atoms with Crippen molar-refractivity contribution >= 4 is 33.2 Å². The highest BCUT2D eigenvalue weighted by molar-refractivity contribution is 7.89. The monoisotopic (exact) mass is 366 g/mol. The van der Waals surface area contributed by atoms with Gasteiger partial charge in [-0.15, -0.1) is 0 Å². The first-order chi connectivity index (χ1) is 11.3. The SMILES string of the molecule is CCc1ccccc1NC(=O)c1cc(S(=O)(=O)N(C)C)ccc1Cl. The van der Waals surface area contributed by atoms with Crippen LogP contribution in [0.1, 0.15) is 22.8 Å². The lowest BCUT2D eigenvalue weighted by molar-refractivity contribution is 0.102. The van der Waals surface area contributed by atoms with Crippen molar-refractivity contribution in [1.82, 2.24) is 4.31 Å². The standard InChI is InChI=1S/C17H19ClN2O3S/c1-4-12-7-5-6-8-16(12)19-17(21)14-11-13(9-10-15(14)18)24(22,23)20(2)3/h5-11H,4H2,1-3H3,(H,19,21). The predicted molar refractivity (Wildman–Crippen MR) is 96.1 cm³/mol. The Morgan fingerprint density at radius 2 is 1.83 bits per heavy atom. The molecule has 5 nitrogen and oxygen atoms in total. The normalized spacial score (nSPS) is 11.5. The predicted octanol–water partition coefficient (Wildman–Crippen LogP) is 3.41. The van der Waals surface area contributed by atoms with Crippen molar-refractivity contribution in [1.29, 1.82) is 0 Å². The maximum atomic E-state index is 12.5. The van der Waals surface area contributed by atoms with Gasteiger partial charge in [-0.05, 0) is 36.2 Å². The highest BCUT2D eigenvalue weighted by Crippen LogP contribution is 2.24. The Morgan fingerprint density at radius 1 is 1.17 bits per heavy atom. The number of sulfonamides is 1. The number of rotatable bonds is 5. The molecule has 2 rings (SSSR count). The minimum atomic E-state index is -3.64. The van der Waals surface area contributed by atoms with Gasteiger partial charge in [-0.2, -0.15) is 0 Å². The molecule has 0 aliphatic rings. The van der Waals surface area contributed by atoms with Crippen LogP contribution in [0.2, 0.25) is 5.02 Å². The van der Waals surface area contributed by atoms with Gasteiger partial charge in [-0.25, -0.2) is 12.7 Å². The number of nitrogens with one attached hydrogen (secondary N) is 1. The molecule has 0 aliphatic carbocycles. The Hall–Kier alpha value is -1.89. The summed E-state index contributed by atoms with van der Waals surface area (Å²) < 4.78 is 25.5. The number of carbonyl (C=O) groups is 1. The van der Waals surface area contributed by atoms with E-state index in [1.807, 2.05) is 25.1 Å². The van der Waals surface area contributed by atoms with Gasteiger partial charge in [0.1, 0.15) is 0 Å². The van der Waals surface area contributed by atoms with Crippen molar-refractivity contribution in [3.8, 4) is 0 Å². The Bertz CT molecular complexity index is 864. The maximum absolute atomic E-state index is 12.5. The summed E-state index contributed by atoms with van der Waals surface area (Å²) in [6, 6.07) is 11.5. The molecule has 0 radical (unpaired) electrons. The summed E-state index contributed by atoms with van der Waals surface area (Å²) in [5.41, 5.74) is 1.78. The molecule has 0 aliphatic heterocycles. The van der Waals surface area contributed by atoms with E-state index in [1.54, 1.807) is 6.07 Å². The van der Waals surface area contributed by atoms with Crippen LogP contribution in [0.15, 0.2) is 47.4 Å². The van der Waals surface area contributed by atoms with Crippen molar-refractivity contribution in [2.24, 2.45) is 0 Å². The minimum absolute atomic E-state index is 0.0193. The van der Waals surface area contributed by atoms with E-state index in [2.05, 4.69) is 5.32 Å². The number of halogens is 1. The number of para-hydroxylation sites is 1. The third-order valence-electron chi connectivity index (χ3n) is 3.61. The Kier molecular flexibility index (Phi) is 5.64. The van der Waals surface area contributed by atoms with Crippen LogP contribution in [0.4, 0.5) is 5.69 Å². The molecule has 0 saturated heterocycles. The summed E-state index contributed by atoms with van der Waals surface area (Å²) in [5.74, 6) is -0.447. The van der Waals surface area contributed by atoms with Gasteiger partial charge >= 0.3 is 0 Å². The molecule has 2 aromatic carbocycles. The minimum Gasteiger partial charge on any atom is -0.322 e. The van der Waals surface area contributed by atoms with E-state index in [0.29, 0.717) is 5.69 Å². The van der Waals surface area contributed by atoms with Gasteiger partial charge in [0.05, 0.1) is 15.5 Å². The second-order valence-corrected chi connectivity index (χ2v) is 7.95. The molecular weight excluding hydrogens is 348 g/mol. The molecule has 128 valence electrons. The third kappa shape index (κ3) is 3.77. The van der Waals surface area contributed by atoms with Gasteiger partial charge < -0.3 is 5.32 Å². The molecule has 0 heterocycles. The fourth-order valence-corrected chi connectivity index (χ4v) is 3.32. The van der Waals surface area contributed by atoms with E-state index < -0.39 is 15.9 Å². The average molecular weight is 367 g/mol. The van der Waals surface area contributed by atoms with Crippen LogP contribution < -0.4 is 5.32 Å².